The molecule has 1 aromatic rings. The molecule has 1 saturated heterocycles. The van der Waals surface area contributed by atoms with Gasteiger partial charge in [-0.25, -0.2) is 0 Å². The largest absolute Gasteiger partial charge is 0.334 e. The molecule has 0 radical (unpaired) electrons. The third-order valence-corrected chi connectivity index (χ3v) is 5.02. The highest BCUT2D eigenvalue weighted by atomic mass is 35.5. The number of carbonyl (C=O) groups excluding carboxylic acids is 1. The Morgan fingerprint density at radius 3 is 2.67 bits per heavy atom. The number of rotatable bonds is 2. The van der Waals surface area contributed by atoms with Gasteiger partial charge in [0, 0.05) is 23.5 Å². The molecule has 21 heavy (non-hydrogen) atoms. The molecule has 4 heteroatoms. The van der Waals surface area contributed by atoms with Crippen LogP contribution >= 0.6 is 11.6 Å². The molecule has 0 aromatic heterocycles. The predicted octanol–water partition coefficient (Wildman–Crippen LogP) is 3.39. The van der Waals surface area contributed by atoms with Crippen molar-refractivity contribution in [2.24, 2.45) is 5.41 Å². The molecule has 1 heterocycles. The second-order valence-electron chi connectivity index (χ2n) is 6.52. The van der Waals surface area contributed by atoms with Crippen LogP contribution in [0.15, 0.2) is 24.3 Å². The third-order valence-electron chi connectivity index (χ3n) is 4.77. The van der Waals surface area contributed by atoms with Crippen LogP contribution in [0.2, 0.25) is 5.02 Å². The van der Waals surface area contributed by atoms with E-state index in [2.05, 4.69) is 29.3 Å². The third kappa shape index (κ3) is 3.24. The summed E-state index contributed by atoms with van der Waals surface area (Å²) in [5, 5.41) is 4.16. The van der Waals surface area contributed by atoms with Gasteiger partial charge >= 0.3 is 0 Å². The summed E-state index contributed by atoms with van der Waals surface area (Å²) in [5.41, 5.74) is 1.10. The van der Waals surface area contributed by atoms with Crippen LogP contribution in [-0.4, -0.2) is 30.4 Å². The summed E-state index contributed by atoms with van der Waals surface area (Å²) in [6.45, 7) is 4.80. The van der Waals surface area contributed by atoms with E-state index in [4.69, 9.17) is 11.6 Å². The van der Waals surface area contributed by atoms with Crippen molar-refractivity contribution in [3.8, 4) is 0 Å². The Kier molecular flexibility index (Phi) is 4.23. The van der Waals surface area contributed by atoms with Gasteiger partial charge in [-0.3, -0.25) is 4.79 Å². The number of hydrogen-bond donors (Lipinski definition) is 1. The first kappa shape index (κ1) is 14.9. The molecule has 0 spiro atoms. The molecule has 1 N–H and O–H groups in total. The Hall–Kier alpha value is -1.06. The highest BCUT2D eigenvalue weighted by Gasteiger charge is 2.48. The van der Waals surface area contributed by atoms with E-state index in [1.54, 1.807) is 0 Å². The molecule has 0 bridgehead atoms. The SMILES string of the molecule is CC1(C(=O)N2CCNCCC[C@H]2c2ccc(Cl)cc2)CC1. The normalized spacial score (nSPS) is 25.0. The quantitative estimate of drug-likeness (QED) is 0.908. The average molecular weight is 307 g/mol. The van der Waals surface area contributed by atoms with Crippen LogP contribution in [0.25, 0.3) is 0 Å². The lowest BCUT2D eigenvalue weighted by Gasteiger charge is -2.36. The molecule has 2 fully saturated rings. The lowest BCUT2D eigenvalue weighted by atomic mass is 9.97. The van der Waals surface area contributed by atoms with Crippen LogP contribution in [-0.2, 0) is 4.79 Å². The number of hydrogen-bond acceptors (Lipinski definition) is 2. The molecule has 1 amide bonds. The average Bonchev–Trinajstić information content (AvgIpc) is 3.19. The van der Waals surface area contributed by atoms with E-state index in [0.29, 0.717) is 5.91 Å². The van der Waals surface area contributed by atoms with Crippen LogP contribution in [0.5, 0.6) is 0 Å². The summed E-state index contributed by atoms with van der Waals surface area (Å²) in [7, 11) is 0. The van der Waals surface area contributed by atoms with Crippen LogP contribution in [0.3, 0.4) is 0 Å². The fourth-order valence-electron chi connectivity index (χ4n) is 3.08. The number of amides is 1. The molecular formula is C17H23ClN2O. The first-order valence-electron chi connectivity index (χ1n) is 7.87. The van der Waals surface area contributed by atoms with Gasteiger partial charge in [-0.1, -0.05) is 30.7 Å². The van der Waals surface area contributed by atoms with E-state index in [9.17, 15) is 4.79 Å². The van der Waals surface area contributed by atoms with Gasteiger partial charge < -0.3 is 10.2 Å². The van der Waals surface area contributed by atoms with E-state index in [1.807, 2.05) is 12.1 Å². The summed E-state index contributed by atoms with van der Waals surface area (Å²) in [6, 6.07) is 8.18. The topological polar surface area (TPSA) is 32.3 Å². The molecule has 1 aliphatic heterocycles. The molecule has 0 unspecified atom stereocenters. The minimum Gasteiger partial charge on any atom is -0.334 e. The summed E-state index contributed by atoms with van der Waals surface area (Å²) >= 11 is 6.00. The molecule has 2 aliphatic rings. The smallest absolute Gasteiger partial charge is 0.229 e. The van der Waals surface area contributed by atoms with Gasteiger partial charge in [0.05, 0.1) is 6.04 Å². The first-order chi connectivity index (χ1) is 10.1. The highest BCUT2D eigenvalue weighted by Crippen LogP contribution is 2.48. The maximum Gasteiger partial charge on any atom is 0.229 e. The number of halogens is 1. The Morgan fingerprint density at radius 2 is 2.00 bits per heavy atom. The van der Waals surface area contributed by atoms with Crippen LogP contribution in [0.4, 0.5) is 0 Å². The number of carbonyl (C=O) groups is 1. The van der Waals surface area contributed by atoms with Crippen molar-refractivity contribution in [2.45, 2.75) is 38.6 Å². The van der Waals surface area contributed by atoms with Crippen LogP contribution in [0.1, 0.15) is 44.2 Å². The maximum atomic E-state index is 12.9. The summed E-state index contributed by atoms with van der Waals surface area (Å²) < 4.78 is 0. The van der Waals surface area contributed by atoms with E-state index in [-0.39, 0.29) is 11.5 Å². The molecule has 1 aromatic carbocycles. The van der Waals surface area contributed by atoms with Gasteiger partial charge in [-0.2, -0.15) is 0 Å². The fraction of sp³-hybridized carbons (Fsp3) is 0.588. The van der Waals surface area contributed by atoms with Crippen molar-refractivity contribution in [2.75, 3.05) is 19.6 Å². The standard InChI is InChI=1S/C17H23ClN2O/c1-17(8-9-17)16(21)20-12-11-19-10-2-3-15(20)13-4-6-14(18)7-5-13/h4-7,15,19H,2-3,8-12H2,1H3/t15-/m0/s1. The van der Waals surface area contributed by atoms with Crippen LogP contribution in [0, 0.1) is 5.41 Å². The van der Waals surface area contributed by atoms with Crippen molar-refractivity contribution >= 4 is 17.5 Å². The predicted molar refractivity (Wildman–Crippen MR) is 85.4 cm³/mol. The Balaban J connectivity index is 1.87. The van der Waals surface area contributed by atoms with Crippen molar-refractivity contribution in [3.05, 3.63) is 34.9 Å². The van der Waals surface area contributed by atoms with Crippen molar-refractivity contribution in [1.82, 2.24) is 10.2 Å². The van der Waals surface area contributed by atoms with Gasteiger partial charge in [0.15, 0.2) is 0 Å². The van der Waals surface area contributed by atoms with E-state index < -0.39 is 0 Å². The Bertz CT molecular complexity index is 510. The number of nitrogens with zero attached hydrogens (tertiary/aromatic N) is 1. The molecule has 1 aliphatic carbocycles. The fourth-order valence-corrected chi connectivity index (χ4v) is 3.21. The minimum atomic E-state index is -0.107. The lowest BCUT2D eigenvalue weighted by Crippen LogP contribution is -2.44. The number of benzene rings is 1. The van der Waals surface area contributed by atoms with Gasteiger partial charge in [0.2, 0.25) is 5.91 Å². The van der Waals surface area contributed by atoms with E-state index >= 15 is 0 Å². The Labute approximate surface area is 131 Å². The zero-order valence-electron chi connectivity index (χ0n) is 12.6. The zero-order valence-corrected chi connectivity index (χ0v) is 13.3. The van der Waals surface area contributed by atoms with Gasteiger partial charge in [-0.05, 0) is 49.9 Å². The summed E-state index contributed by atoms with van der Waals surface area (Å²) in [5.74, 6) is 0.325. The van der Waals surface area contributed by atoms with Gasteiger partial charge in [-0.15, -0.1) is 0 Å². The van der Waals surface area contributed by atoms with E-state index in [0.717, 1.165) is 50.3 Å². The number of nitrogens with one attached hydrogen (secondary N) is 1. The molecule has 1 saturated carbocycles. The summed E-state index contributed by atoms with van der Waals surface area (Å²) in [6.07, 6.45) is 4.16. The highest BCUT2D eigenvalue weighted by molar-refractivity contribution is 6.30. The first-order valence-corrected chi connectivity index (χ1v) is 8.25. The molecule has 3 rings (SSSR count). The lowest BCUT2D eigenvalue weighted by molar-refractivity contribution is -0.139. The molecule has 114 valence electrons. The van der Waals surface area contributed by atoms with Crippen molar-refractivity contribution in [3.63, 3.8) is 0 Å². The van der Waals surface area contributed by atoms with Gasteiger partial charge in [0.1, 0.15) is 0 Å². The Morgan fingerprint density at radius 1 is 1.29 bits per heavy atom. The summed E-state index contributed by atoms with van der Waals surface area (Å²) in [4.78, 5) is 15.0. The van der Waals surface area contributed by atoms with Crippen molar-refractivity contribution in [1.29, 1.82) is 0 Å². The minimum absolute atomic E-state index is 0.107. The maximum absolute atomic E-state index is 12.9. The second-order valence-corrected chi connectivity index (χ2v) is 6.96. The van der Waals surface area contributed by atoms with E-state index in [1.165, 1.54) is 5.56 Å². The second kappa shape index (κ2) is 5.98. The van der Waals surface area contributed by atoms with Crippen molar-refractivity contribution < 1.29 is 4.79 Å². The molecule has 1 atom stereocenters. The van der Waals surface area contributed by atoms with Crippen LogP contribution < -0.4 is 5.32 Å². The zero-order chi connectivity index (χ0) is 14.9. The monoisotopic (exact) mass is 306 g/mol. The van der Waals surface area contributed by atoms with Gasteiger partial charge in [0.25, 0.3) is 0 Å². The molecular weight excluding hydrogens is 284 g/mol. The molecule has 3 nitrogen and oxygen atoms in total.